The number of benzene rings is 1. The molecule has 0 aliphatic carbocycles. The van der Waals surface area contributed by atoms with Gasteiger partial charge in [0.25, 0.3) is 0 Å². The molecule has 0 radical (unpaired) electrons. The highest BCUT2D eigenvalue weighted by molar-refractivity contribution is 9.10. The average Bonchev–Trinajstić information content (AvgIpc) is 3.12. The molecule has 2 fully saturated rings. The Labute approximate surface area is 173 Å². The molecule has 2 atom stereocenters. The second-order valence-corrected chi connectivity index (χ2v) is 8.84. The van der Waals surface area contributed by atoms with Crippen molar-refractivity contribution >= 4 is 32.8 Å². The predicted molar refractivity (Wildman–Crippen MR) is 114 cm³/mol. The Bertz CT molecular complexity index is 973. The van der Waals surface area contributed by atoms with Gasteiger partial charge in [-0.2, -0.15) is 5.10 Å². The summed E-state index contributed by atoms with van der Waals surface area (Å²) in [5.41, 5.74) is 2.29. The molecule has 1 aromatic carbocycles. The molecule has 2 aromatic heterocycles. The number of hydrogen-bond acceptors (Lipinski definition) is 5. The van der Waals surface area contributed by atoms with Crippen LogP contribution >= 0.6 is 15.9 Å². The van der Waals surface area contributed by atoms with Gasteiger partial charge in [-0.25, -0.2) is 14.6 Å². The Kier molecular flexibility index (Phi) is 4.59. The van der Waals surface area contributed by atoms with Crippen molar-refractivity contribution in [3.8, 4) is 0 Å². The lowest BCUT2D eigenvalue weighted by molar-refractivity contribution is 0.118. The molecule has 28 heavy (non-hydrogen) atoms. The van der Waals surface area contributed by atoms with Gasteiger partial charge in [-0.3, -0.25) is 4.90 Å². The highest BCUT2D eigenvalue weighted by atomic mass is 79.9. The summed E-state index contributed by atoms with van der Waals surface area (Å²) in [7, 11) is 4.10. The average molecular weight is 441 g/mol. The molecule has 4 heterocycles. The van der Waals surface area contributed by atoms with Gasteiger partial charge in [0.2, 0.25) is 0 Å². The first-order valence-electron chi connectivity index (χ1n) is 9.97. The first-order valence-corrected chi connectivity index (χ1v) is 10.8. The lowest BCUT2D eigenvalue weighted by Gasteiger charge is -2.42. The lowest BCUT2D eigenvalue weighted by atomic mass is 9.95. The summed E-state index contributed by atoms with van der Waals surface area (Å²) in [6.45, 7) is 1.07. The number of aromatic nitrogens is 4. The van der Waals surface area contributed by atoms with Gasteiger partial charge in [-0.05, 0) is 47.2 Å². The second-order valence-electron chi connectivity index (χ2n) is 8.09. The van der Waals surface area contributed by atoms with E-state index in [4.69, 9.17) is 0 Å². The molecule has 0 spiro atoms. The van der Waals surface area contributed by atoms with Crippen molar-refractivity contribution in [2.75, 3.05) is 11.9 Å². The lowest BCUT2D eigenvalue weighted by Crippen LogP contribution is -2.49. The maximum Gasteiger partial charge on any atom is 0.164 e. The Morgan fingerprint density at radius 1 is 1.11 bits per heavy atom. The number of anilines is 1. The molecule has 2 saturated heterocycles. The fourth-order valence-electron chi connectivity index (χ4n) is 5.08. The van der Waals surface area contributed by atoms with Gasteiger partial charge >= 0.3 is 0 Å². The molecule has 2 bridgehead atoms. The molecule has 0 N–H and O–H groups in total. The van der Waals surface area contributed by atoms with Crippen LogP contribution in [-0.4, -0.2) is 49.8 Å². The van der Waals surface area contributed by atoms with Crippen LogP contribution in [0.2, 0.25) is 0 Å². The van der Waals surface area contributed by atoms with Crippen molar-refractivity contribution in [3.05, 3.63) is 46.8 Å². The fourth-order valence-corrected chi connectivity index (χ4v) is 5.67. The zero-order valence-corrected chi connectivity index (χ0v) is 17.9. The minimum absolute atomic E-state index is 0.495. The van der Waals surface area contributed by atoms with Crippen molar-refractivity contribution in [1.29, 1.82) is 0 Å². The summed E-state index contributed by atoms with van der Waals surface area (Å²) in [5.74, 6) is 0.978. The summed E-state index contributed by atoms with van der Waals surface area (Å²) >= 11 is 3.60. The molecule has 7 heteroatoms. The van der Waals surface area contributed by atoms with Crippen LogP contribution in [0.15, 0.2) is 41.3 Å². The number of aryl methyl sites for hydroxylation is 1. The van der Waals surface area contributed by atoms with E-state index in [9.17, 15) is 0 Å². The molecule has 2 unspecified atom stereocenters. The summed E-state index contributed by atoms with van der Waals surface area (Å²) in [5, 5.41) is 5.48. The van der Waals surface area contributed by atoms with Gasteiger partial charge < -0.3 is 4.90 Å². The van der Waals surface area contributed by atoms with E-state index in [1.165, 1.54) is 31.2 Å². The first kappa shape index (κ1) is 18.1. The molecule has 3 aromatic rings. The van der Waals surface area contributed by atoms with Crippen LogP contribution in [0, 0.1) is 0 Å². The fraction of sp³-hybridized carbons (Fsp3) is 0.476. The number of hydrogen-bond donors (Lipinski definition) is 0. The second kappa shape index (κ2) is 7.12. The molecular weight excluding hydrogens is 416 g/mol. The van der Waals surface area contributed by atoms with E-state index in [0.29, 0.717) is 18.1 Å². The van der Waals surface area contributed by atoms with E-state index in [1.807, 2.05) is 11.7 Å². The Morgan fingerprint density at radius 2 is 1.82 bits per heavy atom. The molecule has 146 valence electrons. The SMILES string of the molecule is CN(c1ncnc2c1c(Br)nn2C)C1CC2CCC(C1)N2Cc1ccccc1. The van der Waals surface area contributed by atoms with Gasteiger partial charge in [0.05, 0.1) is 5.39 Å². The van der Waals surface area contributed by atoms with Crippen LogP contribution in [-0.2, 0) is 13.6 Å². The Morgan fingerprint density at radius 3 is 2.54 bits per heavy atom. The minimum Gasteiger partial charge on any atom is -0.356 e. The van der Waals surface area contributed by atoms with Gasteiger partial charge in [0.1, 0.15) is 16.7 Å². The van der Waals surface area contributed by atoms with Crippen molar-refractivity contribution in [1.82, 2.24) is 24.6 Å². The highest BCUT2D eigenvalue weighted by Crippen LogP contribution is 2.40. The quantitative estimate of drug-likeness (QED) is 0.617. The minimum atomic E-state index is 0.495. The Balaban J connectivity index is 1.38. The molecule has 0 amide bonds. The van der Waals surface area contributed by atoms with Gasteiger partial charge in [0.15, 0.2) is 5.65 Å². The van der Waals surface area contributed by atoms with Crippen LogP contribution in [0.3, 0.4) is 0 Å². The number of rotatable bonds is 4. The third kappa shape index (κ3) is 3.01. The third-order valence-corrected chi connectivity index (χ3v) is 7.06. The maximum atomic E-state index is 4.63. The van der Waals surface area contributed by atoms with Crippen molar-refractivity contribution < 1.29 is 0 Å². The van der Waals surface area contributed by atoms with Crippen LogP contribution < -0.4 is 4.90 Å². The van der Waals surface area contributed by atoms with E-state index in [2.05, 4.69) is 78.2 Å². The number of nitrogens with zero attached hydrogens (tertiary/aromatic N) is 6. The summed E-state index contributed by atoms with van der Waals surface area (Å²) in [6, 6.07) is 12.7. The Hall–Kier alpha value is -1.99. The van der Waals surface area contributed by atoms with E-state index in [1.54, 1.807) is 6.33 Å². The van der Waals surface area contributed by atoms with Crippen LogP contribution in [0.4, 0.5) is 5.82 Å². The molecular formula is C21H25BrN6. The zero-order chi connectivity index (χ0) is 19.3. The summed E-state index contributed by atoms with van der Waals surface area (Å²) in [4.78, 5) is 14.1. The number of fused-ring (bicyclic) bond motifs is 3. The van der Waals surface area contributed by atoms with E-state index in [0.717, 1.165) is 28.0 Å². The first-order chi connectivity index (χ1) is 13.6. The van der Waals surface area contributed by atoms with Gasteiger partial charge in [-0.1, -0.05) is 30.3 Å². The van der Waals surface area contributed by atoms with E-state index < -0.39 is 0 Å². The smallest absolute Gasteiger partial charge is 0.164 e. The monoisotopic (exact) mass is 440 g/mol. The third-order valence-electron chi connectivity index (χ3n) is 6.51. The molecule has 6 nitrogen and oxygen atoms in total. The summed E-state index contributed by atoms with van der Waals surface area (Å²) < 4.78 is 2.63. The van der Waals surface area contributed by atoms with Gasteiger partial charge in [0, 0.05) is 38.8 Å². The van der Waals surface area contributed by atoms with E-state index >= 15 is 0 Å². The van der Waals surface area contributed by atoms with Crippen LogP contribution in [0.1, 0.15) is 31.2 Å². The molecule has 0 saturated carbocycles. The van der Waals surface area contributed by atoms with Crippen molar-refractivity contribution in [2.24, 2.45) is 7.05 Å². The molecule has 2 aliphatic rings. The van der Waals surface area contributed by atoms with Gasteiger partial charge in [-0.15, -0.1) is 0 Å². The zero-order valence-electron chi connectivity index (χ0n) is 16.3. The largest absolute Gasteiger partial charge is 0.356 e. The van der Waals surface area contributed by atoms with Crippen molar-refractivity contribution in [2.45, 2.75) is 50.4 Å². The van der Waals surface area contributed by atoms with Crippen LogP contribution in [0.5, 0.6) is 0 Å². The number of halogens is 1. The number of piperidine rings is 1. The highest BCUT2D eigenvalue weighted by Gasteiger charge is 2.42. The molecule has 2 aliphatic heterocycles. The summed E-state index contributed by atoms with van der Waals surface area (Å²) in [6.07, 6.45) is 6.63. The predicted octanol–water partition coefficient (Wildman–Crippen LogP) is 3.76. The van der Waals surface area contributed by atoms with Crippen molar-refractivity contribution in [3.63, 3.8) is 0 Å². The standard InChI is InChI=1S/C21H25BrN6/c1-26(20-18-19(22)25-27(2)21(18)24-13-23-20)17-10-15-8-9-16(11-17)28(15)12-14-6-4-3-5-7-14/h3-7,13,15-17H,8-12H2,1-2H3. The normalized spacial score (nSPS) is 24.8. The topological polar surface area (TPSA) is 50.1 Å². The van der Waals surface area contributed by atoms with E-state index in [-0.39, 0.29) is 0 Å². The van der Waals surface area contributed by atoms with Crippen LogP contribution in [0.25, 0.3) is 11.0 Å². The molecule has 5 rings (SSSR count). The maximum absolute atomic E-state index is 4.63.